The zero-order chi connectivity index (χ0) is 68.0. The Kier molecular flexibility index (Phi) is 17.7. The Bertz CT molecular complexity index is 4370. The van der Waals surface area contributed by atoms with Gasteiger partial charge in [-0.3, -0.25) is 19.2 Å². The number of nitrogens with zero attached hydrogens (tertiary/aromatic N) is 4. The molecule has 476 valence electrons. The molecule has 12 rings (SSSR count). The van der Waals surface area contributed by atoms with Crippen molar-refractivity contribution in [3.8, 4) is 0 Å². The second-order valence-electron chi connectivity index (χ2n) is 33.4. The maximum Gasteiger partial charge on any atom is 0.194 e. The van der Waals surface area contributed by atoms with E-state index in [2.05, 4.69) is 190 Å². The average Bonchev–Trinajstić information content (AvgIpc) is 0.749. The molecule has 2 heterocycles. The van der Waals surface area contributed by atoms with Gasteiger partial charge in [-0.05, 0) is 148 Å². The number of aromatic nitrogens is 4. The first-order chi connectivity index (χ1) is 42.4. The van der Waals surface area contributed by atoms with Gasteiger partial charge in [0.25, 0.3) is 0 Å². The molecule has 0 radical (unpaired) electrons. The summed E-state index contributed by atoms with van der Waals surface area (Å²) in [5, 5.41) is 0. The molecule has 0 amide bonds. The van der Waals surface area contributed by atoms with Gasteiger partial charge in [-0.15, -0.1) is 0 Å². The van der Waals surface area contributed by atoms with Crippen molar-refractivity contribution < 1.29 is 19.2 Å². The number of fused-ring (bicyclic) bond motifs is 8. The minimum Gasteiger partial charge on any atom is -0.289 e. The second kappa shape index (κ2) is 24.0. The van der Waals surface area contributed by atoms with Crippen molar-refractivity contribution in [2.75, 3.05) is 0 Å². The lowest BCUT2D eigenvalue weighted by molar-refractivity contribution is 0.0977. The van der Waals surface area contributed by atoms with E-state index < -0.39 is 0 Å². The number of hydrogen-bond acceptors (Lipinski definition) is 8. The summed E-state index contributed by atoms with van der Waals surface area (Å²) >= 11 is 0. The van der Waals surface area contributed by atoms with E-state index >= 15 is 0 Å². The zero-order valence-corrected chi connectivity index (χ0v) is 59.3. The fourth-order valence-corrected chi connectivity index (χ4v) is 13.0. The van der Waals surface area contributed by atoms with Crippen LogP contribution in [-0.2, 0) is 43.3 Å². The summed E-state index contributed by atoms with van der Waals surface area (Å²) in [7, 11) is 0. The van der Waals surface area contributed by atoms with E-state index in [-0.39, 0.29) is 66.5 Å². The Labute approximate surface area is 547 Å². The third-order valence-corrected chi connectivity index (χ3v) is 17.5. The van der Waals surface area contributed by atoms with Crippen molar-refractivity contribution in [2.45, 2.75) is 209 Å². The second-order valence-corrected chi connectivity index (χ2v) is 33.4. The molecule has 8 heteroatoms. The quantitative estimate of drug-likeness (QED) is 0.138. The summed E-state index contributed by atoms with van der Waals surface area (Å²) in [5.74, 6) is -0.181. The minimum absolute atomic E-state index is 0.0270. The first kappa shape index (κ1) is 68.0. The molecular formula is C84H96N4O4. The molecule has 0 spiro atoms. The molecule has 0 N–H and O–H groups in total. The third-order valence-electron chi connectivity index (χ3n) is 17.5. The number of carbonyl (C=O) groups is 4. The first-order valence-electron chi connectivity index (χ1n) is 32.5. The molecule has 0 aliphatic heterocycles. The predicted octanol–water partition coefficient (Wildman–Crippen LogP) is 20.9. The topological polar surface area (TPSA) is 120 Å². The average molecular weight is 1230 g/mol. The molecule has 8 aromatic carbocycles. The number of hydrogen-bond donors (Lipinski definition) is 0. The number of para-hydroxylation sites is 4. The van der Waals surface area contributed by atoms with Crippen LogP contribution in [0.25, 0.3) is 44.1 Å². The summed E-state index contributed by atoms with van der Waals surface area (Å²) in [6.45, 7) is 52.8. The molecule has 0 bridgehead atoms. The normalized spacial score (nSPS) is 13.7. The monoisotopic (exact) mass is 1220 g/mol. The summed E-state index contributed by atoms with van der Waals surface area (Å²) in [6.07, 6.45) is 0. The number of benzene rings is 8. The van der Waals surface area contributed by atoms with Crippen LogP contribution in [0.5, 0.6) is 0 Å². The lowest BCUT2D eigenvalue weighted by atomic mass is 9.69. The number of rotatable bonds is 0. The van der Waals surface area contributed by atoms with E-state index in [1.807, 2.05) is 97.1 Å². The van der Waals surface area contributed by atoms with Gasteiger partial charge in [0, 0.05) is 44.5 Å². The number of carbonyl (C=O) groups excluding carboxylic acids is 4. The van der Waals surface area contributed by atoms with Crippen LogP contribution in [-0.4, -0.2) is 43.1 Å². The molecule has 0 atom stereocenters. The lowest BCUT2D eigenvalue weighted by Gasteiger charge is -2.34. The van der Waals surface area contributed by atoms with Crippen molar-refractivity contribution in [1.29, 1.82) is 0 Å². The molecule has 10 aromatic rings. The summed E-state index contributed by atoms with van der Waals surface area (Å²) in [5.41, 5.74) is 21.7. The van der Waals surface area contributed by atoms with Crippen LogP contribution in [0.15, 0.2) is 146 Å². The van der Waals surface area contributed by atoms with Gasteiger partial charge in [0.15, 0.2) is 23.1 Å². The molecule has 0 saturated heterocycles. The van der Waals surface area contributed by atoms with Gasteiger partial charge in [-0.25, -0.2) is 19.9 Å². The number of ketones is 4. The van der Waals surface area contributed by atoms with Gasteiger partial charge < -0.3 is 0 Å². The fourth-order valence-electron chi connectivity index (χ4n) is 13.0. The van der Waals surface area contributed by atoms with Crippen LogP contribution in [0.2, 0.25) is 0 Å². The molecule has 92 heavy (non-hydrogen) atoms. The third kappa shape index (κ3) is 13.6. The van der Waals surface area contributed by atoms with Crippen molar-refractivity contribution in [1.82, 2.24) is 19.9 Å². The van der Waals surface area contributed by atoms with E-state index in [4.69, 9.17) is 19.9 Å². The lowest BCUT2D eigenvalue weighted by Crippen LogP contribution is -2.30. The standard InChI is InChI=1S/2C22H24O2.2C20H24N2/c1-21(2,3)17-11-15-16(12-18(17)22(4,5)6)20(24)14-10-8-7-9-13(14)19(15)23;1-21(2,3)16-12-11-15-17(18(16)22(4,5)6)20(24)14-10-8-7-9-13(14)19(15)23;1-19(2,3)13-11-17-18(12-14(13)20(4,5)6)22-16-10-8-7-9-15(16)21-17;1-19(2,3)13-11-12-16-18(17(13)20(4,5)6)22-15-10-8-7-9-14(15)21-16/h2*7-12H,1-6H3;2*7-12H,1-6H3. The largest absolute Gasteiger partial charge is 0.289 e. The van der Waals surface area contributed by atoms with Gasteiger partial charge in [-0.1, -0.05) is 251 Å². The maximum atomic E-state index is 13.2. The Balaban J connectivity index is 0.000000145. The highest BCUT2D eigenvalue weighted by molar-refractivity contribution is 6.30. The molecule has 2 aliphatic rings. The Morgan fingerprint density at radius 3 is 0.848 bits per heavy atom. The van der Waals surface area contributed by atoms with E-state index in [0.717, 1.165) is 66.4 Å². The van der Waals surface area contributed by atoms with Crippen molar-refractivity contribution in [3.05, 3.63) is 235 Å². The van der Waals surface area contributed by atoms with Crippen LogP contribution in [0.3, 0.4) is 0 Å². The summed E-state index contributed by atoms with van der Waals surface area (Å²) < 4.78 is 0. The smallest absolute Gasteiger partial charge is 0.194 e. The molecule has 2 aliphatic carbocycles. The minimum atomic E-state index is -0.226. The maximum absolute atomic E-state index is 13.2. The molecule has 0 unspecified atom stereocenters. The summed E-state index contributed by atoms with van der Waals surface area (Å²) in [6, 6.07) is 47.0. The van der Waals surface area contributed by atoms with Crippen LogP contribution in [0.1, 0.15) is 274 Å². The van der Waals surface area contributed by atoms with Crippen molar-refractivity contribution >= 4 is 67.3 Å². The van der Waals surface area contributed by atoms with Gasteiger partial charge in [-0.2, -0.15) is 0 Å². The first-order valence-corrected chi connectivity index (χ1v) is 32.5. The Hall–Kier alpha value is -8.36. The van der Waals surface area contributed by atoms with Crippen LogP contribution >= 0.6 is 0 Å². The van der Waals surface area contributed by atoms with Gasteiger partial charge in [0.1, 0.15) is 0 Å². The van der Waals surface area contributed by atoms with Gasteiger partial charge in [0.2, 0.25) is 0 Å². The fraction of sp³-hybridized carbons (Fsp3) is 0.381. The predicted molar refractivity (Wildman–Crippen MR) is 383 cm³/mol. The van der Waals surface area contributed by atoms with E-state index in [0.29, 0.717) is 44.5 Å². The highest BCUT2D eigenvalue weighted by atomic mass is 16.1. The SMILES string of the molecule is CC(C)(C)c1cc2c(cc1C(C)(C)C)C(=O)c1ccccc1C2=O.CC(C)(C)c1cc2nc3ccccc3nc2cc1C(C)(C)C.CC(C)(C)c1ccc2c(c1C(C)(C)C)C(=O)c1ccccc1C2=O.CC(C)(C)c1ccc2nc3ccccc3nc2c1C(C)(C)C. The van der Waals surface area contributed by atoms with Crippen LogP contribution < -0.4 is 0 Å². The van der Waals surface area contributed by atoms with E-state index in [9.17, 15) is 19.2 Å². The molecular weight excluding hydrogens is 1130 g/mol. The summed E-state index contributed by atoms with van der Waals surface area (Å²) in [4.78, 5) is 71.5. The Morgan fingerprint density at radius 1 is 0.217 bits per heavy atom. The molecule has 0 fully saturated rings. The highest BCUT2D eigenvalue weighted by Crippen LogP contribution is 2.44. The van der Waals surface area contributed by atoms with Crippen molar-refractivity contribution in [3.63, 3.8) is 0 Å². The van der Waals surface area contributed by atoms with Crippen LogP contribution in [0, 0.1) is 0 Å². The molecule has 8 nitrogen and oxygen atoms in total. The zero-order valence-electron chi connectivity index (χ0n) is 59.3. The van der Waals surface area contributed by atoms with Crippen molar-refractivity contribution in [2.24, 2.45) is 0 Å². The van der Waals surface area contributed by atoms with E-state index in [1.54, 1.807) is 24.3 Å². The molecule has 0 saturated carbocycles. The van der Waals surface area contributed by atoms with Crippen LogP contribution in [0.4, 0.5) is 0 Å². The van der Waals surface area contributed by atoms with E-state index in [1.165, 1.54) is 22.3 Å². The molecule has 2 aromatic heterocycles. The Morgan fingerprint density at radius 2 is 0.500 bits per heavy atom. The van der Waals surface area contributed by atoms with Gasteiger partial charge in [0.05, 0.1) is 44.1 Å². The highest BCUT2D eigenvalue weighted by Gasteiger charge is 2.39. The van der Waals surface area contributed by atoms with Gasteiger partial charge >= 0.3 is 0 Å².